The molecule has 2 heteroatoms. The predicted octanol–water partition coefficient (Wildman–Crippen LogP) is 2.73. The molecule has 0 heterocycles. The Hall–Kier alpha value is -1.31. The first kappa shape index (κ1) is 14.2. The molecule has 1 aromatic carbocycles. The number of benzene rings is 1. The Bertz CT molecular complexity index is 234. The molecule has 0 radical (unpaired) electrons. The summed E-state index contributed by atoms with van der Waals surface area (Å²) in [4.78, 5) is 8.00. The third kappa shape index (κ3) is 5.91. The maximum atomic E-state index is 8.00. The lowest BCUT2D eigenvalue weighted by molar-refractivity contribution is -0.0979. The zero-order chi connectivity index (χ0) is 10.9. The molecule has 0 fully saturated rings. The van der Waals surface area contributed by atoms with Crippen molar-refractivity contribution in [2.75, 3.05) is 5.73 Å². The van der Waals surface area contributed by atoms with Crippen LogP contribution in [0.25, 0.3) is 0 Å². The van der Waals surface area contributed by atoms with Crippen LogP contribution in [-0.4, -0.2) is 6.79 Å². The molecule has 0 saturated heterocycles. The summed E-state index contributed by atoms with van der Waals surface area (Å²) in [6.45, 7) is 10.1. The molecule has 0 aliphatic carbocycles. The number of nitrogen functional groups attached to an aromatic ring is 1. The molecule has 74 valence electrons. The first-order chi connectivity index (χ1) is 6.20. The zero-order valence-electron chi connectivity index (χ0n) is 8.92. The fourth-order valence-electron chi connectivity index (χ4n) is 0.826. The van der Waals surface area contributed by atoms with Gasteiger partial charge in [0, 0.05) is 5.69 Å². The van der Waals surface area contributed by atoms with E-state index in [2.05, 4.69) is 13.0 Å². The van der Waals surface area contributed by atoms with E-state index in [0.29, 0.717) is 0 Å². The Morgan fingerprint density at radius 2 is 1.62 bits per heavy atom. The lowest BCUT2D eigenvalue weighted by Crippen LogP contribution is -1.88. The second-order valence-corrected chi connectivity index (χ2v) is 2.36. The minimum absolute atomic E-state index is 0.876. The summed E-state index contributed by atoms with van der Waals surface area (Å²) >= 11 is 0. The molecule has 0 aliphatic heterocycles. The van der Waals surface area contributed by atoms with E-state index in [1.54, 1.807) is 0 Å². The van der Waals surface area contributed by atoms with Crippen LogP contribution in [0.15, 0.2) is 18.2 Å². The number of hydrogen-bond acceptors (Lipinski definition) is 2. The van der Waals surface area contributed by atoms with Crippen molar-refractivity contribution >= 4 is 12.5 Å². The van der Waals surface area contributed by atoms with Crippen LogP contribution < -0.4 is 5.73 Å². The Morgan fingerprint density at radius 1 is 1.15 bits per heavy atom. The number of aryl methyl sites for hydroxylation is 2. The minimum atomic E-state index is 0.876. The fourth-order valence-corrected chi connectivity index (χ4v) is 0.826. The van der Waals surface area contributed by atoms with Crippen LogP contribution >= 0.6 is 0 Å². The molecular formula is C11H19NO. The van der Waals surface area contributed by atoms with Crippen LogP contribution in [-0.2, 0) is 4.79 Å². The fraction of sp³-hybridized carbons (Fsp3) is 0.364. The van der Waals surface area contributed by atoms with E-state index in [-0.39, 0.29) is 0 Å². The molecule has 0 atom stereocenters. The van der Waals surface area contributed by atoms with E-state index in [1.165, 1.54) is 5.56 Å². The smallest absolute Gasteiger partial charge is 0.106 e. The van der Waals surface area contributed by atoms with Gasteiger partial charge >= 0.3 is 0 Å². The van der Waals surface area contributed by atoms with Gasteiger partial charge in [-0.05, 0) is 25.5 Å². The highest BCUT2D eigenvalue weighted by Gasteiger charge is 1.89. The number of carbonyl (C=O) groups excluding carboxylic acids is 1. The summed E-state index contributed by atoms with van der Waals surface area (Å²) in [5.74, 6) is 0. The first-order valence-corrected chi connectivity index (χ1v) is 4.32. The Labute approximate surface area is 80.8 Å². The van der Waals surface area contributed by atoms with Crippen molar-refractivity contribution in [1.29, 1.82) is 0 Å². The molecule has 2 N–H and O–H groups in total. The third-order valence-electron chi connectivity index (χ3n) is 1.43. The van der Waals surface area contributed by atoms with Gasteiger partial charge in [-0.2, -0.15) is 0 Å². The standard InChI is InChI=1S/C8H11N.C2H6.CH2O/c1-6-3-4-8(9)7(2)5-6;2*1-2/h3-5H,9H2,1-2H3;1-2H3;1H2. The highest BCUT2D eigenvalue weighted by atomic mass is 16.1. The molecule has 13 heavy (non-hydrogen) atoms. The van der Waals surface area contributed by atoms with E-state index in [1.807, 2.05) is 39.7 Å². The Balaban J connectivity index is 0. The van der Waals surface area contributed by atoms with Gasteiger partial charge in [0.25, 0.3) is 0 Å². The van der Waals surface area contributed by atoms with Crippen molar-refractivity contribution in [3.05, 3.63) is 29.3 Å². The molecule has 0 bridgehead atoms. The van der Waals surface area contributed by atoms with Crippen molar-refractivity contribution in [1.82, 2.24) is 0 Å². The van der Waals surface area contributed by atoms with Crippen molar-refractivity contribution in [2.24, 2.45) is 0 Å². The second kappa shape index (κ2) is 8.78. The summed E-state index contributed by atoms with van der Waals surface area (Å²) in [6, 6.07) is 6.03. The molecule has 0 aromatic heterocycles. The molecule has 1 aromatic rings. The molecule has 0 aliphatic rings. The zero-order valence-corrected chi connectivity index (χ0v) is 8.92. The molecule has 2 nitrogen and oxygen atoms in total. The largest absolute Gasteiger partial charge is 0.399 e. The quantitative estimate of drug-likeness (QED) is 0.625. The summed E-state index contributed by atoms with van der Waals surface area (Å²) < 4.78 is 0. The molecule has 0 spiro atoms. The van der Waals surface area contributed by atoms with E-state index in [9.17, 15) is 0 Å². The molecule has 1 rings (SSSR count). The van der Waals surface area contributed by atoms with Crippen molar-refractivity contribution < 1.29 is 4.79 Å². The average Bonchev–Trinajstić information content (AvgIpc) is 2.18. The highest BCUT2D eigenvalue weighted by Crippen LogP contribution is 2.10. The van der Waals surface area contributed by atoms with Gasteiger partial charge in [-0.1, -0.05) is 31.5 Å². The average molecular weight is 181 g/mol. The van der Waals surface area contributed by atoms with E-state index >= 15 is 0 Å². The maximum absolute atomic E-state index is 8.00. The van der Waals surface area contributed by atoms with Gasteiger partial charge in [-0.3, -0.25) is 0 Å². The van der Waals surface area contributed by atoms with Gasteiger partial charge in [0.2, 0.25) is 0 Å². The lowest BCUT2D eigenvalue weighted by atomic mass is 10.1. The van der Waals surface area contributed by atoms with Crippen LogP contribution in [0.3, 0.4) is 0 Å². The first-order valence-electron chi connectivity index (χ1n) is 4.32. The summed E-state index contributed by atoms with van der Waals surface area (Å²) in [5.41, 5.74) is 8.89. The predicted molar refractivity (Wildman–Crippen MR) is 58.8 cm³/mol. The lowest BCUT2D eigenvalue weighted by Gasteiger charge is -1.98. The van der Waals surface area contributed by atoms with E-state index < -0.39 is 0 Å². The number of hydrogen-bond donors (Lipinski definition) is 1. The minimum Gasteiger partial charge on any atom is -0.399 e. The van der Waals surface area contributed by atoms with E-state index in [4.69, 9.17) is 10.5 Å². The molecular weight excluding hydrogens is 162 g/mol. The van der Waals surface area contributed by atoms with Crippen molar-refractivity contribution in [3.63, 3.8) is 0 Å². The van der Waals surface area contributed by atoms with Crippen LogP contribution in [0.4, 0.5) is 5.69 Å². The van der Waals surface area contributed by atoms with Gasteiger partial charge in [0.15, 0.2) is 0 Å². The highest BCUT2D eigenvalue weighted by molar-refractivity contribution is 5.47. The monoisotopic (exact) mass is 181 g/mol. The second-order valence-electron chi connectivity index (χ2n) is 2.36. The van der Waals surface area contributed by atoms with Gasteiger partial charge in [0.1, 0.15) is 6.79 Å². The van der Waals surface area contributed by atoms with Gasteiger partial charge < -0.3 is 10.5 Å². The van der Waals surface area contributed by atoms with Gasteiger partial charge in [0.05, 0.1) is 0 Å². The SMILES string of the molecule is C=O.CC.Cc1ccc(N)c(C)c1. The maximum Gasteiger partial charge on any atom is 0.106 e. The molecule has 0 saturated carbocycles. The van der Waals surface area contributed by atoms with Crippen LogP contribution in [0, 0.1) is 13.8 Å². The van der Waals surface area contributed by atoms with Gasteiger partial charge in [-0.15, -0.1) is 0 Å². The van der Waals surface area contributed by atoms with Crippen LogP contribution in [0.1, 0.15) is 25.0 Å². The number of anilines is 1. The topological polar surface area (TPSA) is 43.1 Å². The summed E-state index contributed by atoms with van der Waals surface area (Å²) in [6.07, 6.45) is 0. The third-order valence-corrected chi connectivity index (χ3v) is 1.43. The molecule has 0 amide bonds. The van der Waals surface area contributed by atoms with Gasteiger partial charge in [-0.25, -0.2) is 0 Å². The van der Waals surface area contributed by atoms with Crippen molar-refractivity contribution in [3.8, 4) is 0 Å². The Morgan fingerprint density at radius 3 is 1.92 bits per heavy atom. The van der Waals surface area contributed by atoms with Crippen molar-refractivity contribution in [2.45, 2.75) is 27.7 Å². The normalized spacial score (nSPS) is 7.38. The summed E-state index contributed by atoms with van der Waals surface area (Å²) in [7, 11) is 0. The van der Waals surface area contributed by atoms with Crippen LogP contribution in [0.5, 0.6) is 0 Å². The molecule has 0 unspecified atom stereocenters. The number of rotatable bonds is 0. The number of carbonyl (C=O) groups is 1. The van der Waals surface area contributed by atoms with E-state index in [0.717, 1.165) is 11.3 Å². The van der Waals surface area contributed by atoms with Crippen LogP contribution in [0.2, 0.25) is 0 Å². The Kier molecular flexibility index (Phi) is 9.61. The number of nitrogens with two attached hydrogens (primary N) is 1. The summed E-state index contributed by atoms with van der Waals surface area (Å²) in [5, 5.41) is 0.